The number of hydrogen-bond donors (Lipinski definition) is 2. The van der Waals surface area contributed by atoms with Crippen LogP contribution in [0.25, 0.3) is 11.4 Å². The molecule has 2 N–H and O–H groups in total. The van der Waals surface area contributed by atoms with Gasteiger partial charge in [-0.1, -0.05) is 18.2 Å². The summed E-state index contributed by atoms with van der Waals surface area (Å²) in [6, 6.07) is 13.5. The molecule has 0 bridgehead atoms. The Labute approximate surface area is 103 Å². The minimum atomic E-state index is 0.515. The molecule has 88 valence electrons. The van der Waals surface area contributed by atoms with Gasteiger partial charge in [-0.2, -0.15) is 5.21 Å². The number of tetrazole rings is 1. The van der Waals surface area contributed by atoms with E-state index in [1.807, 2.05) is 42.5 Å². The minimum Gasteiger partial charge on any atom is -0.340 e. The molecule has 0 atom stereocenters. The molecule has 0 spiro atoms. The Morgan fingerprint density at radius 3 is 2.67 bits per heavy atom. The van der Waals surface area contributed by atoms with E-state index in [1.165, 1.54) is 0 Å². The SMILES string of the molecule is c1ccc(Nc2ncccc2-c2nn[nH]n2)cc1. The first-order valence-corrected chi connectivity index (χ1v) is 5.44. The van der Waals surface area contributed by atoms with Gasteiger partial charge in [-0.25, -0.2) is 4.98 Å². The van der Waals surface area contributed by atoms with Crippen molar-refractivity contribution in [2.24, 2.45) is 0 Å². The zero-order valence-corrected chi connectivity index (χ0v) is 9.41. The number of nitrogens with one attached hydrogen (secondary N) is 2. The highest BCUT2D eigenvalue weighted by Crippen LogP contribution is 2.24. The van der Waals surface area contributed by atoms with Crippen LogP contribution in [0.15, 0.2) is 48.7 Å². The predicted molar refractivity (Wildman–Crippen MR) is 67.1 cm³/mol. The molecule has 6 heteroatoms. The summed E-state index contributed by atoms with van der Waals surface area (Å²) in [7, 11) is 0. The number of aromatic nitrogens is 5. The summed E-state index contributed by atoms with van der Waals surface area (Å²) < 4.78 is 0. The van der Waals surface area contributed by atoms with Crippen LogP contribution in [0.4, 0.5) is 11.5 Å². The van der Waals surface area contributed by atoms with Crippen LogP contribution < -0.4 is 5.32 Å². The standard InChI is InChI=1S/C12H10N6/c1-2-5-9(6-3-1)14-11-10(7-4-8-13-11)12-15-17-18-16-12/h1-8H,(H,13,14)(H,15,16,17,18). The zero-order valence-electron chi connectivity index (χ0n) is 9.41. The Morgan fingerprint density at radius 1 is 1.00 bits per heavy atom. The molecule has 1 aromatic carbocycles. The van der Waals surface area contributed by atoms with E-state index in [9.17, 15) is 0 Å². The second kappa shape index (κ2) is 4.62. The van der Waals surface area contributed by atoms with E-state index in [1.54, 1.807) is 6.20 Å². The first kappa shape index (κ1) is 10.4. The van der Waals surface area contributed by atoms with Crippen LogP contribution in [0, 0.1) is 0 Å². The predicted octanol–water partition coefficient (Wildman–Crippen LogP) is 2.01. The van der Waals surface area contributed by atoms with Crippen LogP contribution in [-0.4, -0.2) is 25.6 Å². The molecule has 0 amide bonds. The van der Waals surface area contributed by atoms with E-state index in [0.717, 1.165) is 11.3 Å². The van der Waals surface area contributed by atoms with Crippen molar-refractivity contribution in [3.63, 3.8) is 0 Å². The summed E-state index contributed by atoms with van der Waals surface area (Å²) >= 11 is 0. The zero-order chi connectivity index (χ0) is 12.2. The number of nitrogens with zero attached hydrogens (tertiary/aromatic N) is 4. The molecule has 0 aliphatic heterocycles. The van der Waals surface area contributed by atoms with E-state index in [2.05, 4.69) is 30.9 Å². The van der Waals surface area contributed by atoms with Gasteiger partial charge in [-0.15, -0.1) is 10.2 Å². The van der Waals surface area contributed by atoms with Gasteiger partial charge >= 0.3 is 0 Å². The molecular weight excluding hydrogens is 228 g/mol. The highest BCUT2D eigenvalue weighted by molar-refractivity contribution is 5.73. The van der Waals surface area contributed by atoms with E-state index in [0.29, 0.717) is 11.6 Å². The van der Waals surface area contributed by atoms with Crippen molar-refractivity contribution < 1.29 is 0 Å². The van der Waals surface area contributed by atoms with Crippen molar-refractivity contribution in [3.8, 4) is 11.4 Å². The number of H-pyrrole nitrogens is 1. The van der Waals surface area contributed by atoms with Gasteiger partial charge in [0, 0.05) is 11.9 Å². The highest BCUT2D eigenvalue weighted by Gasteiger charge is 2.09. The van der Waals surface area contributed by atoms with Crippen molar-refractivity contribution in [1.29, 1.82) is 0 Å². The molecule has 0 aliphatic carbocycles. The number of benzene rings is 1. The Kier molecular flexibility index (Phi) is 2.67. The Hall–Kier alpha value is -2.76. The number of anilines is 2. The van der Waals surface area contributed by atoms with Gasteiger partial charge in [0.15, 0.2) is 0 Å². The first-order valence-electron chi connectivity index (χ1n) is 5.44. The second-order valence-corrected chi connectivity index (χ2v) is 3.63. The third-order valence-electron chi connectivity index (χ3n) is 2.43. The molecule has 3 rings (SSSR count). The fourth-order valence-corrected chi connectivity index (χ4v) is 1.62. The molecule has 2 heterocycles. The van der Waals surface area contributed by atoms with E-state index >= 15 is 0 Å². The molecular formula is C12H10N6. The van der Waals surface area contributed by atoms with Crippen molar-refractivity contribution in [2.45, 2.75) is 0 Å². The molecule has 0 saturated heterocycles. The van der Waals surface area contributed by atoms with Crippen molar-refractivity contribution in [2.75, 3.05) is 5.32 Å². The van der Waals surface area contributed by atoms with E-state index in [-0.39, 0.29) is 0 Å². The van der Waals surface area contributed by atoms with Crippen molar-refractivity contribution >= 4 is 11.5 Å². The van der Waals surface area contributed by atoms with Gasteiger partial charge in [-0.05, 0) is 29.5 Å². The Bertz CT molecular complexity index is 620. The minimum absolute atomic E-state index is 0.515. The summed E-state index contributed by atoms with van der Waals surface area (Å²) in [4.78, 5) is 4.30. The van der Waals surface area contributed by atoms with Gasteiger partial charge in [0.1, 0.15) is 5.82 Å². The largest absolute Gasteiger partial charge is 0.340 e. The summed E-state index contributed by atoms with van der Waals surface area (Å²) in [5.74, 6) is 1.21. The van der Waals surface area contributed by atoms with Gasteiger partial charge in [-0.3, -0.25) is 0 Å². The van der Waals surface area contributed by atoms with Crippen LogP contribution in [-0.2, 0) is 0 Å². The molecule has 0 fully saturated rings. The summed E-state index contributed by atoms with van der Waals surface area (Å²) in [5.41, 5.74) is 1.76. The van der Waals surface area contributed by atoms with Crippen LogP contribution in [0.2, 0.25) is 0 Å². The molecule has 0 aliphatic rings. The van der Waals surface area contributed by atoms with Crippen LogP contribution in [0.5, 0.6) is 0 Å². The van der Waals surface area contributed by atoms with Crippen molar-refractivity contribution in [1.82, 2.24) is 25.6 Å². The third-order valence-corrected chi connectivity index (χ3v) is 2.43. The maximum atomic E-state index is 4.30. The van der Waals surface area contributed by atoms with Gasteiger partial charge < -0.3 is 5.32 Å². The average molecular weight is 238 g/mol. The smallest absolute Gasteiger partial charge is 0.208 e. The molecule has 6 nitrogen and oxygen atoms in total. The lowest BCUT2D eigenvalue weighted by Gasteiger charge is -2.07. The molecule has 2 aromatic heterocycles. The monoisotopic (exact) mass is 238 g/mol. The third kappa shape index (κ3) is 2.03. The first-order chi connectivity index (χ1) is 8.93. The second-order valence-electron chi connectivity index (χ2n) is 3.63. The Balaban J connectivity index is 1.98. The number of pyridine rings is 1. The lowest BCUT2D eigenvalue weighted by Crippen LogP contribution is -1.96. The van der Waals surface area contributed by atoms with Crippen LogP contribution in [0.3, 0.4) is 0 Å². The topological polar surface area (TPSA) is 79.4 Å². The maximum Gasteiger partial charge on any atom is 0.208 e. The highest BCUT2D eigenvalue weighted by atomic mass is 15.5. The average Bonchev–Trinajstić information content (AvgIpc) is 2.94. The van der Waals surface area contributed by atoms with E-state index in [4.69, 9.17) is 0 Å². The molecule has 0 unspecified atom stereocenters. The Morgan fingerprint density at radius 2 is 1.89 bits per heavy atom. The number of hydrogen-bond acceptors (Lipinski definition) is 5. The summed E-state index contributed by atoms with van der Waals surface area (Å²) in [6.07, 6.45) is 1.72. The number of rotatable bonds is 3. The fourth-order valence-electron chi connectivity index (χ4n) is 1.62. The molecule has 0 saturated carbocycles. The van der Waals surface area contributed by atoms with Crippen molar-refractivity contribution in [3.05, 3.63) is 48.7 Å². The lowest BCUT2D eigenvalue weighted by molar-refractivity contribution is 0.881. The molecule has 18 heavy (non-hydrogen) atoms. The van der Waals surface area contributed by atoms with Crippen LogP contribution >= 0.6 is 0 Å². The fraction of sp³-hybridized carbons (Fsp3) is 0. The number of para-hydroxylation sites is 1. The lowest BCUT2D eigenvalue weighted by atomic mass is 10.2. The summed E-state index contributed by atoms with van der Waals surface area (Å²) in [6.45, 7) is 0. The molecule has 0 radical (unpaired) electrons. The molecule has 3 aromatic rings. The van der Waals surface area contributed by atoms with E-state index < -0.39 is 0 Å². The van der Waals surface area contributed by atoms with Gasteiger partial charge in [0.05, 0.1) is 5.56 Å². The number of aromatic amines is 1. The van der Waals surface area contributed by atoms with Crippen LogP contribution in [0.1, 0.15) is 0 Å². The van der Waals surface area contributed by atoms with Gasteiger partial charge in [0.25, 0.3) is 0 Å². The summed E-state index contributed by atoms with van der Waals surface area (Å²) in [5, 5.41) is 17.1. The van der Waals surface area contributed by atoms with Gasteiger partial charge in [0.2, 0.25) is 5.82 Å². The quantitative estimate of drug-likeness (QED) is 0.729. The maximum absolute atomic E-state index is 4.30. The normalized spacial score (nSPS) is 10.2.